The van der Waals surface area contributed by atoms with Gasteiger partial charge in [0.05, 0.1) is 17.8 Å². The minimum absolute atomic E-state index is 0.301. The molecule has 0 radical (unpaired) electrons. The van der Waals surface area contributed by atoms with Gasteiger partial charge in [0.1, 0.15) is 24.2 Å². The van der Waals surface area contributed by atoms with Gasteiger partial charge in [0, 0.05) is 12.1 Å². The van der Waals surface area contributed by atoms with E-state index in [1.54, 1.807) is 7.05 Å². The Morgan fingerprint density at radius 2 is 2.19 bits per heavy atom. The van der Waals surface area contributed by atoms with Crippen LogP contribution in [-0.2, 0) is 0 Å². The zero-order valence-electron chi connectivity index (χ0n) is 14.1. The quantitative estimate of drug-likeness (QED) is 0.693. The predicted molar refractivity (Wildman–Crippen MR) is 90.5 cm³/mol. The van der Waals surface area contributed by atoms with Crippen LogP contribution < -0.4 is 10.2 Å². The molecule has 9 heteroatoms. The van der Waals surface area contributed by atoms with Crippen molar-refractivity contribution in [2.24, 2.45) is 0 Å². The summed E-state index contributed by atoms with van der Waals surface area (Å²) in [6, 6.07) is 3.14. The summed E-state index contributed by atoms with van der Waals surface area (Å²) in [5.74, 6) is -0.520. The number of anilines is 1. The predicted octanol–water partition coefficient (Wildman–Crippen LogP) is 1.95. The molecule has 1 unspecified atom stereocenters. The largest absolute Gasteiger partial charge is 0.374 e. The maximum absolute atomic E-state index is 14.2. The number of rotatable bonds is 4. The average Bonchev–Trinajstić information content (AvgIpc) is 3.29. The minimum Gasteiger partial charge on any atom is -0.374 e. The molecule has 0 aliphatic carbocycles. The zero-order valence-corrected chi connectivity index (χ0v) is 14.1. The molecule has 3 aromatic rings. The molecule has 0 saturated carbocycles. The van der Waals surface area contributed by atoms with Crippen LogP contribution >= 0.6 is 0 Å². The van der Waals surface area contributed by atoms with Gasteiger partial charge in [-0.15, -0.1) is 0 Å². The fourth-order valence-electron chi connectivity index (χ4n) is 3.39. The summed E-state index contributed by atoms with van der Waals surface area (Å²) < 4.78 is 29.3. The highest BCUT2D eigenvalue weighted by Crippen LogP contribution is 2.36. The minimum atomic E-state index is -0.912. The monoisotopic (exact) mass is 360 g/mol. The second kappa shape index (κ2) is 6.58. The Morgan fingerprint density at radius 1 is 1.35 bits per heavy atom. The summed E-state index contributed by atoms with van der Waals surface area (Å²) in [5, 5.41) is 16.9. The lowest BCUT2D eigenvalue weighted by atomic mass is 10.0. The Balaban J connectivity index is 1.75. The molecular formula is C17H18F2N6O. The van der Waals surface area contributed by atoms with Crippen molar-refractivity contribution < 1.29 is 13.9 Å². The van der Waals surface area contributed by atoms with Crippen molar-refractivity contribution in [1.82, 2.24) is 24.9 Å². The molecule has 136 valence electrons. The van der Waals surface area contributed by atoms with Gasteiger partial charge in [-0.2, -0.15) is 10.1 Å². The third-order valence-electron chi connectivity index (χ3n) is 4.68. The van der Waals surface area contributed by atoms with Crippen LogP contribution in [0.25, 0.3) is 5.65 Å². The van der Waals surface area contributed by atoms with Crippen molar-refractivity contribution in [3.63, 3.8) is 0 Å². The molecule has 2 N–H and O–H groups in total. The first kappa shape index (κ1) is 16.8. The Bertz CT molecular complexity index is 946. The summed E-state index contributed by atoms with van der Waals surface area (Å²) in [7, 11) is 1.62. The molecule has 3 heterocycles. The smallest absolute Gasteiger partial charge is 0.229 e. The highest BCUT2D eigenvalue weighted by Gasteiger charge is 2.31. The summed E-state index contributed by atoms with van der Waals surface area (Å²) in [5.41, 5.74) is 1.28. The van der Waals surface area contributed by atoms with Gasteiger partial charge in [0.15, 0.2) is 5.65 Å². The molecule has 7 nitrogen and oxygen atoms in total. The van der Waals surface area contributed by atoms with Gasteiger partial charge >= 0.3 is 0 Å². The van der Waals surface area contributed by atoms with Crippen LogP contribution in [-0.4, -0.2) is 38.3 Å². The first-order chi connectivity index (χ1) is 12.6. The molecule has 1 aromatic carbocycles. The van der Waals surface area contributed by atoms with Crippen LogP contribution in [0, 0.1) is 11.6 Å². The van der Waals surface area contributed by atoms with E-state index in [1.807, 2.05) is 4.90 Å². The van der Waals surface area contributed by atoms with E-state index in [0.717, 1.165) is 18.6 Å². The third-order valence-corrected chi connectivity index (χ3v) is 4.68. The highest BCUT2D eigenvalue weighted by atomic mass is 19.1. The van der Waals surface area contributed by atoms with E-state index in [0.29, 0.717) is 35.7 Å². The van der Waals surface area contributed by atoms with E-state index >= 15 is 0 Å². The molecule has 0 spiro atoms. The molecular weight excluding hydrogens is 342 g/mol. The Hall–Kier alpha value is -2.65. The molecule has 1 aliphatic heterocycles. The number of nitrogens with zero attached hydrogens (tertiary/aromatic N) is 5. The summed E-state index contributed by atoms with van der Waals surface area (Å²) >= 11 is 0. The van der Waals surface area contributed by atoms with E-state index in [1.165, 1.54) is 23.1 Å². The van der Waals surface area contributed by atoms with E-state index in [4.69, 9.17) is 0 Å². The topological polar surface area (TPSA) is 78.6 Å². The van der Waals surface area contributed by atoms with E-state index in [2.05, 4.69) is 20.4 Å². The Morgan fingerprint density at radius 3 is 3.00 bits per heavy atom. The van der Waals surface area contributed by atoms with Gasteiger partial charge < -0.3 is 10.0 Å². The van der Waals surface area contributed by atoms with Crippen molar-refractivity contribution >= 4 is 11.6 Å². The van der Waals surface area contributed by atoms with Crippen molar-refractivity contribution in [3.8, 4) is 0 Å². The van der Waals surface area contributed by atoms with Crippen LogP contribution in [0.2, 0.25) is 0 Å². The molecule has 1 aliphatic rings. The first-order valence-corrected chi connectivity index (χ1v) is 8.35. The van der Waals surface area contributed by atoms with Crippen molar-refractivity contribution in [2.45, 2.75) is 25.1 Å². The number of aliphatic hydroxyl groups is 1. The number of hydrogen-bond acceptors (Lipinski definition) is 6. The van der Waals surface area contributed by atoms with Crippen LogP contribution in [0.15, 0.2) is 30.7 Å². The van der Waals surface area contributed by atoms with Crippen LogP contribution in [0.4, 0.5) is 14.7 Å². The van der Waals surface area contributed by atoms with Gasteiger partial charge in [0.25, 0.3) is 0 Å². The molecule has 2 atom stereocenters. The van der Waals surface area contributed by atoms with Crippen LogP contribution in [0.5, 0.6) is 0 Å². The fraction of sp³-hybridized carbons (Fsp3) is 0.353. The summed E-state index contributed by atoms with van der Waals surface area (Å²) in [6.45, 7) is 0.634. The number of aromatic nitrogens is 4. The first-order valence-electron chi connectivity index (χ1n) is 8.35. The van der Waals surface area contributed by atoms with Gasteiger partial charge in [-0.1, -0.05) is 0 Å². The van der Waals surface area contributed by atoms with E-state index < -0.39 is 17.9 Å². The number of hydrogen-bond donors (Lipinski definition) is 2. The Labute approximate surface area is 148 Å². The van der Waals surface area contributed by atoms with E-state index in [9.17, 15) is 13.9 Å². The second-order valence-corrected chi connectivity index (χ2v) is 6.23. The molecule has 2 aromatic heterocycles. The van der Waals surface area contributed by atoms with Crippen LogP contribution in [0.3, 0.4) is 0 Å². The molecule has 1 saturated heterocycles. The number of aliphatic hydroxyl groups excluding tert-OH is 1. The number of benzene rings is 1. The average molecular weight is 360 g/mol. The molecule has 0 amide bonds. The molecule has 0 bridgehead atoms. The van der Waals surface area contributed by atoms with Crippen molar-refractivity contribution in [2.75, 3.05) is 18.5 Å². The molecule has 26 heavy (non-hydrogen) atoms. The lowest BCUT2D eigenvalue weighted by Gasteiger charge is -2.25. The zero-order chi connectivity index (χ0) is 18.3. The maximum atomic E-state index is 14.2. The SMILES string of the molecule is CNC(O)c1cnn2cnc(N3CCC[C@@H]3c3cc(F)ccc3F)nc12. The maximum Gasteiger partial charge on any atom is 0.229 e. The molecule has 1 fully saturated rings. The normalized spacial score (nSPS) is 18.6. The number of fused-ring (bicyclic) bond motifs is 1. The number of halogens is 2. The second-order valence-electron chi connectivity index (χ2n) is 6.23. The van der Waals surface area contributed by atoms with Crippen molar-refractivity contribution in [1.29, 1.82) is 0 Å². The fourth-order valence-corrected chi connectivity index (χ4v) is 3.39. The standard InChI is InChI=1S/C17H18F2N6O/c1-20-16(26)12-8-22-25-9-21-17(23-15(12)25)24-6-2-3-14(24)11-7-10(18)4-5-13(11)19/h4-5,7-9,14,16,20,26H,2-3,6H2,1H3/t14-,16?/m1/s1. The third kappa shape index (κ3) is 2.78. The highest BCUT2D eigenvalue weighted by molar-refractivity contribution is 5.51. The molecule has 4 rings (SSSR count). The van der Waals surface area contributed by atoms with Crippen LogP contribution in [0.1, 0.15) is 36.2 Å². The van der Waals surface area contributed by atoms with Crippen molar-refractivity contribution in [3.05, 3.63) is 53.5 Å². The lowest BCUT2D eigenvalue weighted by molar-refractivity contribution is 0.150. The lowest BCUT2D eigenvalue weighted by Crippen LogP contribution is -2.26. The number of nitrogens with one attached hydrogen (secondary N) is 1. The summed E-state index contributed by atoms with van der Waals surface area (Å²) in [6.07, 6.45) is 3.61. The van der Waals surface area contributed by atoms with E-state index in [-0.39, 0.29) is 6.04 Å². The van der Waals surface area contributed by atoms with Gasteiger partial charge in [-0.25, -0.2) is 18.3 Å². The van der Waals surface area contributed by atoms with Gasteiger partial charge in [0.2, 0.25) is 5.95 Å². The van der Waals surface area contributed by atoms with Gasteiger partial charge in [-0.05, 0) is 38.1 Å². The summed E-state index contributed by atoms with van der Waals surface area (Å²) in [4.78, 5) is 10.7. The Kier molecular flexibility index (Phi) is 4.25. The van der Waals surface area contributed by atoms with Gasteiger partial charge in [-0.3, -0.25) is 5.32 Å².